The maximum atomic E-state index is 5.33. The summed E-state index contributed by atoms with van der Waals surface area (Å²) in [6, 6.07) is 19.7. The van der Waals surface area contributed by atoms with E-state index in [0.29, 0.717) is 0 Å². The molecule has 0 aliphatic rings. The fraction of sp³-hybridized carbons (Fsp3) is 0.0909. The molecule has 0 aliphatic carbocycles. The van der Waals surface area contributed by atoms with Gasteiger partial charge in [0.1, 0.15) is 28.5 Å². The van der Waals surface area contributed by atoms with Gasteiger partial charge in [0.15, 0.2) is 5.82 Å². The number of hydrogen-bond donors (Lipinski definition) is 1. The van der Waals surface area contributed by atoms with Crippen molar-refractivity contribution in [3.05, 3.63) is 66.9 Å². The Kier molecular flexibility index (Phi) is 3.76. The zero-order chi connectivity index (χ0) is 19.1. The number of rotatable bonds is 4. The molecule has 5 aromatic rings. The van der Waals surface area contributed by atoms with Gasteiger partial charge in [0.05, 0.1) is 25.3 Å². The number of pyridine rings is 1. The fourth-order valence-electron chi connectivity index (χ4n) is 3.40. The number of benzene rings is 2. The van der Waals surface area contributed by atoms with E-state index < -0.39 is 0 Å². The molecule has 0 spiro atoms. The molecule has 6 nitrogen and oxygen atoms in total. The molecule has 0 unspecified atom stereocenters. The third-order valence-corrected chi connectivity index (χ3v) is 4.81. The van der Waals surface area contributed by atoms with Gasteiger partial charge in [-0.25, -0.2) is 9.97 Å². The molecule has 3 heterocycles. The first-order valence-corrected chi connectivity index (χ1v) is 8.92. The lowest BCUT2D eigenvalue weighted by atomic mass is 10.1. The molecule has 0 saturated carbocycles. The average Bonchev–Trinajstić information content (AvgIpc) is 3.34. The number of nitrogens with one attached hydrogen (secondary N) is 1. The van der Waals surface area contributed by atoms with Crippen LogP contribution in [0.25, 0.3) is 39.5 Å². The number of methoxy groups -OCH3 is 2. The van der Waals surface area contributed by atoms with Crippen molar-refractivity contribution in [1.29, 1.82) is 0 Å². The molecular formula is C22H18N4O2. The second-order valence-electron chi connectivity index (χ2n) is 6.43. The van der Waals surface area contributed by atoms with Crippen LogP contribution in [-0.2, 0) is 0 Å². The number of fused-ring (bicyclic) bond motifs is 2. The van der Waals surface area contributed by atoms with Gasteiger partial charge in [-0.1, -0.05) is 6.07 Å². The summed E-state index contributed by atoms with van der Waals surface area (Å²) in [7, 11) is 3.32. The minimum absolute atomic E-state index is 0.757. The van der Waals surface area contributed by atoms with Gasteiger partial charge >= 0.3 is 0 Å². The number of aromatic amines is 1. The van der Waals surface area contributed by atoms with Gasteiger partial charge in [0.2, 0.25) is 0 Å². The maximum Gasteiger partial charge on any atom is 0.157 e. The van der Waals surface area contributed by atoms with Crippen LogP contribution in [-0.4, -0.2) is 33.6 Å². The molecule has 1 N–H and O–H groups in total. The lowest BCUT2D eigenvalue weighted by Gasteiger charge is -2.04. The Labute approximate surface area is 161 Å². The fourth-order valence-corrected chi connectivity index (χ4v) is 3.40. The molecule has 28 heavy (non-hydrogen) atoms. The summed E-state index contributed by atoms with van der Waals surface area (Å²) in [5.41, 5.74) is 5.43. The van der Waals surface area contributed by atoms with Crippen molar-refractivity contribution in [1.82, 2.24) is 19.4 Å². The molecule has 0 bridgehead atoms. The SMILES string of the molecule is COc1ccc(-c2nc3ccccn3c2-c2nc3ccc(OC)cc3[nH]2)cc1. The maximum absolute atomic E-state index is 5.33. The zero-order valence-electron chi connectivity index (χ0n) is 15.5. The number of ether oxygens (including phenoxy) is 2. The molecule has 0 amide bonds. The third-order valence-electron chi connectivity index (χ3n) is 4.81. The molecule has 3 aromatic heterocycles. The molecule has 0 aliphatic heterocycles. The highest BCUT2D eigenvalue weighted by molar-refractivity contribution is 5.85. The van der Waals surface area contributed by atoms with Crippen LogP contribution in [0.4, 0.5) is 0 Å². The van der Waals surface area contributed by atoms with E-state index in [1.54, 1.807) is 14.2 Å². The van der Waals surface area contributed by atoms with Gasteiger partial charge < -0.3 is 14.5 Å². The van der Waals surface area contributed by atoms with Crippen LogP contribution in [0.3, 0.4) is 0 Å². The first kappa shape index (κ1) is 16.4. The van der Waals surface area contributed by atoms with Gasteiger partial charge in [0, 0.05) is 17.8 Å². The van der Waals surface area contributed by atoms with Crippen molar-refractivity contribution >= 4 is 16.7 Å². The summed E-state index contributed by atoms with van der Waals surface area (Å²) in [6.07, 6.45) is 2.00. The first-order chi connectivity index (χ1) is 13.8. The van der Waals surface area contributed by atoms with Crippen LogP contribution in [0, 0.1) is 0 Å². The van der Waals surface area contributed by atoms with E-state index in [1.165, 1.54) is 0 Å². The second-order valence-corrected chi connectivity index (χ2v) is 6.43. The third kappa shape index (κ3) is 2.58. The minimum Gasteiger partial charge on any atom is -0.497 e. The van der Waals surface area contributed by atoms with E-state index in [2.05, 4.69) is 9.38 Å². The lowest BCUT2D eigenvalue weighted by Crippen LogP contribution is -1.91. The van der Waals surface area contributed by atoms with Crippen molar-refractivity contribution in [2.45, 2.75) is 0 Å². The van der Waals surface area contributed by atoms with Gasteiger partial charge in [0.25, 0.3) is 0 Å². The van der Waals surface area contributed by atoms with E-state index in [9.17, 15) is 0 Å². The Bertz CT molecular complexity index is 1290. The summed E-state index contributed by atoms with van der Waals surface area (Å²) in [4.78, 5) is 13.1. The normalized spacial score (nSPS) is 11.2. The smallest absolute Gasteiger partial charge is 0.157 e. The van der Waals surface area contributed by atoms with E-state index in [1.807, 2.05) is 66.9 Å². The van der Waals surface area contributed by atoms with Gasteiger partial charge in [-0.05, 0) is 48.5 Å². The topological polar surface area (TPSA) is 64.4 Å². The molecular weight excluding hydrogens is 352 g/mol. The van der Waals surface area contributed by atoms with E-state index in [0.717, 1.165) is 51.0 Å². The number of aromatic nitrogens is 4. The predicted octanol–water partition coefficient (Wildman–Crippen LogP) is 4.56. The molecule has 2 aromatic carbocycles. The predicted molar refractivity (Wildman–Crippen MR) is 109 cm³/mol. The molecule has 5 rings (SSSR count). The quantitative estimate of drug-likeness (QED) is 0.504. The monoisotopic (exact) mass is 370 g/mol. The van der Waals surface area contributed by atoms with Crippen molar-refractivity contribution in [3.8, 4) is 34.3 Å². The average molecular weight is 370 g/mol. The second kappa shape index (κ2) is 6.42. The lowest BCUT2D eigenvalue weighted by molar-refractivity contribution is 0.415. The number of H-pyrrole nitrogens is 1. The van der Waals surface area contributed by atoms with Crippen molar-refractivity contribution in [2.24, 2.45) is 0 Å². The van der Waals surface area contributed by atoms with Crippen LogP contribution < -0.4 is 9.47 Å². The van der Waals surface area contributed by atoms with Crippen molar-refractivity contribution < 1.29 is 9.47 Å². The highest BCUT2D eigenvalue weighted by Crippen LogP contribution is 2.33. The van der Waals surface area contributed by atoms with Gasteiger partial charge in [-0.2, -0.15) is 0 Å². The summed E-state index contributed by atoms with van der Waals surface area (Å²) in [6.45, 7) is 0. The molecule has 0 fully saturated rings. The Morgan fingerprint density at radius 3 is 2.43 bits per heavy atom. The van der Waals surface area contributed by atoms with E-state index in [-0.39, 0.29) is 0 Å². The van der Waals surface area contributed by atoms with Gasteiger partial charge in [-0.3, -0.25) is 4.40 Å². The largest absolute Gasteiger partial charge is 0.497 e. The summed E-state index contributed by atoms with van der Waals surface area (Å²) in [5.74, 6) is 2.36. The van der Waals surface area contributed by atoms with Crippen LogP contribution in [0.5, 0.6) is 11.5 Å². The molecule has 6 heteroatoms. The summed E-state index contributed by atoms with van der Waals surface area (Å²) in [5, 5.41) is 0. The van der Waals surface area contributed by atoms with Gasteiger partial charge in [-0.15, -0.1) is 0 Å². The molecule has 0 atom stereocenters. The van der Waals surface area contributed by atoms with Crippen LogP contribution in [0.15, 0.2) is 66.9 Å². The number of imidazole rings is 2. The Balaban J connectivity index is 1.75. The minimum atomic E-state index is 0.757. The van der Waals surface area contributed by atoms with Crippen LogP contribution in [0.2, 0.25) is 0 Å². The highest BCUT2D eigenvalue weighted by Gasteiger charge is 2.19. The Morgan fingerprint density at radius 1 is 0.857 bits per heavy atom. The number of hydrogen-bond acceptors (Lipinski definition) is 4. The van der Waals surface area contributed by atoms with Crippen LogP contribution in [0.1, 0.15) is 0 Å². The van der Waals surface area contributed by atoms with E-state index in [4.69, 9.17) is 19.4 Å². The Hall–Kier alpha value is -3.80. The van der Waals surface area contributed by atoms with Crippen LogP contribution >= 0.6 is 0 Å². The molecule has 0 saturated heterocycles. The molecule has 0 radical (unpaired) electrons. The molecule has 138 valence electrons. The van der Waals surface area contributed by atoms with E-state index >= 15 is 0 Å². The first-order valence-electron chi connectivity index (χ1n) is 8.92. The van der Waals surface area contributed by atoms with Crippen molar-refractivity contribution in [2.75, 3.05) is 14.2 Å². The summed E-state index contributed by atoms with van der Waals surface area (Å²) >= 11 is 0. The summed E-state index contributed by atoms with van der Waals surface area (Å²) < 4.78 is 12.7. The van der Waals surface area contributed by atoms with Crippen molar-refractivity contribution in [3.63, 3.8) is 0 Å². The number of nitrogens with zero attached hydrogens (tertiary/aromatic N) is 3. The standard InChI is InChI=1S/C22H18N4O2/c1-27-15-8-6-14(7-9-15)20-21(26-12-4-3-5-19(26)25-20)22-23-17-11-10-16(28-2)13-18(17)24-22/h3-13H,1-2H3,(H,23,24). The highest BCUT2D eigenvalue weighted by atomic mass is 16.5. The zero-order valence-corrected chi connectivity index (χ0v) is 15.5. The Morgan fingerprint density at radius 2 is 1.64 bits per heavy atom.